The van der Waals surface area contributed by atoms with Crippen molar-refractivity contribution in [1.29, 1.82) is 0 Å². The number of guanidine groups is 1. The second-order valence-corrected chi connectivity index (χ2v) is 9.19. The number of carbonyl (C=O) groups excluding carboxylic acids is 1. The average Bonchev–Trinajstić information content (AvgIpc) is 2.69. The first-order valence-electron chi connectivity index (χ1n) is 9.76. The van der Waals surface area contributed by atoms with Crippen molar-refractivity contribution >= 4 is 59.2 Å². The molecular weight excluding hydrogens is 507 g/mol. The van der Waals surface area contributed by atoms with Gasteiger partial charge in [-0.2, -0.15) is 11.8 Å². The fraction of sp³-hybridized carbons (Fsp3) is 0.600. The van der Waals surface area contributed by atoms with Crippen molar-refractivity contribution in [3.05, 3.63) is 34.9 Å². The van der Waals surface area contributed by atoms with Crippen LogP contribution in [0.3, 0.4) is 0 Å². The molecule has 1 aliphatic heterocycles. The van der Waals surface area contributed by atoms with Crippen molar-refractivity contribution in [2.45, 2.75) is 36.9 Å². The molecule has 1 spiro atoms. The van der Waals surface area contributed by atoms with Crippen LogP contribution in [-0.4, -0.2) is 60.5 Å². The maximum absolute atomic E-state index is 12.2. The highest BCUT2D eigenvalue weighted by Gasteiger charge is 2.38. The van der Waals surface area contributed by atoms with E-state index >= 15 is 0 Å². The summed E-state index contributed by atoms with van der Waals surface area (Å²) in [6, 6.07) is 7.10. The topological polar surface area (TPSA) is 56.7 Å². The molecule has 1 aromatic rings. The van der Waals surface area contributed by atoms with Crippen LogP contribution in [0.2, 0.25) is 5.02 Å². The standard InChI is InChI=1S/C20H29ClN4OS.HI/c1-22-19(25-13-14-27-20(15-25)9-5-2-6-10-20)24-12-11-23-18(26)16-7-3-4-8-17(16)21;/h3-4,7-8H,2,5-6,9-15H2,1H3,(H,22,24)(H,23,26);1H. The van der Waals surface area contributed by atoms with E-state index in [9.17, 15) is 4.79 Å². The summed E-state index contributed by atoms with van der Waals surface area (Å²) in [6.07, 6.45) is 6.71. The molecular formula is C20H30ClIN4OS. The van der Waals surface area contributed by atoms with E-state index in [0.717, 1.165) is 24.8 Å². The van der Waals surface area contributed by atoms with Crippen LogP contribution in [-0.2, 0) is 0 Å². The molecule has 2 N–H and O–H groups in total. The summed E-state index contributed by atoms with van der Waals surface area (Å²) < 4.78 is 0.409. The van der Waals surface area contributed by atoms with E-state index in [1.165, 1.54) is 32.1 Å². The van der Waals surface area contributed by atoms with Crippen molar-refractivity contribution in [2.75, 3.05) is 39.0 Å². The molecule has 0 radical (unpaired) electrons. The van der Waals surface area contributed by atoms with Gasteiger partial charge in [0.1, 0.15) is 0 Å². The van der Waals surface area contributed by atoms with Crippen LogP contribution in [0.15, 0.2) is 29.3 Å². The summed E-state index contributed by atoms with van der Waals surface area (Å²) in [7, 11) is 1.83. The zero-order valence-corrected chi connectivity index (χ0v) is 20.3. The summed E-state index contributed by atoms with van der Waals surface area (Å²) in [6.45, 7) is 3.26. The van der Waals surface area contributed by atoms with Gasteiger partial charge in [0.15, 0.2) is 5.96 Å². The molecule has 0 aromatic heterocycles. The molecule has 156 valence electrons. The van der Waals surface area contributed by atoms with Gasteiger partial charge in [0.2, 0.25) is 0 Å². The summed E-state index contributed by atoms with van der Waals surface area (Å²) in [5, 5.41) is 6.79. The summed E-state index contributed by atoms with van der Waals surface area (Å²) in [4.78, 5) is 19.1. The highest BCUT2D eigenvalue weighted by atomic mass is 127. The summed E-state index contributed by atoms with van der Waals surface area (Å²) >= 11 is 8.23. The highest BCUT2D eigenvalue weighted by molar-refractivity contribution is 14.0. The number of thioether (sulfide) groups is 1. The van der Waals surface area contributed by atoms with Crippen molar-refractivity contribution in [3.8, 4) is 0 Å². The van der Waals surface area contributed by atoms with E-state index in [2.05, 4.69) is 32.3 Å². The minimum Gasteiger partial charge on any atom is -0.354 e. The molecule has 3 rings (SSSR count). The van der Waals surface area contributed by atoms with Crippen LogP contribution < -0.4 is 10.6 Å². The van der Waals surface area contributed by atoms with Gasteiger partial charge in [-0.3, -0.25) is 9.79 Å². The van der Waals surface area contributed by atoms with Gasteiger partial charge in [0, 0.05) is 43.7 Å². The number of benzene rings is 1. The molecule has 1 aliphatic carbocycles. The number of carbonyl (C=O) groups is 1. The lowest BCUT2D eigenvalue weighted by Gasteiger charge is -2.45. The third-order valence-electron chi connectivity index (χ3n) is 5.34. The minimum atomic E-state index is -0.145. The third-order valence-corrected chi connectivity index (χ3v) is 7.20. The smallest absolute Gasteiger partial charge is 0.252 e. The van der Waals surface area contributed by atoms with Gasteiger partial charge >= 0.3 is 0 Å². The fourth-order valence-corrected chi connectivity index (χ4v) is 5.74. The molecule has 1 aromatic carbocycles. The zero-order chi connectivity index (χ0) is 19.1. The fourth-order valence-electron chi connectivity index (χ4n) is 3.95. The Hall–Kier alpha value is -0.670. The Morgan fingerprint density at radius 1 is 1.21 bits per heavy atom. The molecule has 0 atom stereocenters. The number of amides is 1. The monoisotopic (exact) mass is 536 g/mol. The van der Waals surface area contributed by atoms with Crippen molar-refractivity contribution in [2.24, 2.45) is 4.99 Å². The largest absolute Gasteiger partial charge is 0.354 e. The molecule has 28 heavy (non-hydrogen) atoms. The molecule has 1 amide bonds. The van der Waals surface area contributed by atoms with Crippen LogP contribution in [0.25, 0.3) is 0 Å². The number of aliphatic imine (C=N–C) groups is 1. The van der Waals surface area contributed by atoms with E-state index in [4.69, 9.17) is 11.6 Å². The molecule has 1 saturated heterocycles. The predicted octanol–water partition coefficient (Wildman–Crippen LogP) is 4.01. The van der Waals surface area contributed by atoms with Crippen LogP contribution in [0.5, 0.6) is 0 Å². The molecule has 1 heterocycles. The van der Waals surface area contributed by atoms with Crippen LogP contribution in [0.4, 0.5) is 0 Å². The maximum atomic E-state index is 12.2. The van der Waals surface area contributed by atoms with E-state index in [-0.39, 0.29) is 29.9 Å². The first-order valence-corrected chi connectivity index (χ1v) is 11.1. The lowest BCUT2D eigenvalue weighted by atomic mass is 9.87. The normalized spacial score (nSPS) is 19.1. The summed E-state index contributed by atoms with van der Waals surface area (Å²) in [5.41, 5.74) is 0.510. The Morgan fingerprint density at radius 2 is 1.93 bits per heavy atom. The first-order chi connectivity index (χ1) is 13.1. The SMILES string of the molecule is CN=C(NCCNC(=O)c1ccccc1Cl)N1CCSC2(CCCCC2)C1.I. The number of hydrogen-bond acceptors (Lipinski definition) is 3. The molecule has 1 saturated carbocycles. The quantitative estimate of drug-likeness (QED) is 0.264. The number of halogens is 2. The second-order valence-electron chi connectivity index (χ2n) is 7.22. The van der Waals surface area contributed by atoms with Gasteiger partial charge in [-0.05, 0) is 25.0 Å². The van der Waals surface area contributed by atoms with E-state index in [1.807, 2.05) is 19.2 Å². The first kappa shape index (κ1) is 23.6. The Balaban J connectivity index is 0.00000280. The molecule has 0 unspecified atom stereocenters. The van der Waals surface area contributed by atoms with Gasteiger partial charge in [-0.1, -0.05) is 43.0 Å². The maximum Gasteiger partial charge on any atom is 0.252 e. The average molecular weight is 537 g/mol. The van der Waals surface area contributed by atoms with Crippen molar-refractivity contribution in [1.82, 2.24) is 15.5 Å². The van der Waals surface area contributed by atoms with Gasteiger partial charge in [-0.15, -0.1) is 24.0 Å². The zero-order valence-electron chi connectivity index (χ0n) is 16.4. The Labute approximate surface area is 194 Å². The van der Waals surface area contributed by atoms with Crippen molar-refractivity contribution in [3.63, 3.8) is 0 Å². The number of nitrogens with zero attached hydrogens (tertiary/aromatic N) is 2. The Bertz CT molecular complexity index is 676. The van der Waals surface area contributed by atoms with Crippen LogP contribution in [0, 0.1) is 0 Å². The van der Waals surface area contributed by atoms with Crippen molar-refractivity contribution < 1.29 is 4.79 Å². The summed E-state index contributed by atoms with van der Waals surface area (Å²) in [5.74, 6) is 1.95. The van der Waals surface area contributed by atoms with Gasteiger partial charge in [0.05, 0.1) is 10.6 Å². The van der Waals surface area contributed by atoms with E-state index in [0.29, 0.717) is 28.4 Å². The van der Waals surface area contributed by atoms with Crippen LogP contribution >= 0.6 is 47.3 Å². The molecule has 2 fully saturated rings. The molecule has 8 heteroatoms. The predicted molar refractivity (Wildman–Crippen MR) is 130 cm³/mol. The van der Waals surface area contributed by atoms with E-state index in [1.54, 1.807) is 12.1 Å². The number of hydrogen-bond donors (Lipinski definition) is 2. The van der Waals surface area contributed by atoms with Crippen LogP contribution in [0.1, 0.15) is 42.5 Å². The molecule has 5 nitrogen and oxygen atoms in total. The number of nitrogens with one attached hydrogen (secondary N) is 2. The molecule has 0 bridgehead atoms. The minimum absolute atomic E-state index is 0. The van der Waals surface area contributed by atoms with E-state index < -0.39 is 0 Å². The lowest BCUT2D eigenvalue weighted by Crippen LogP contribution is -2.54. The van der Waals surface area contributed by atoms with Gasteiger partial charge < -0.3 is 15.5 Å². The Kier molecular flexibility index (Phi) is 9.69. The lowest BCUT2D eigenvalue weighted by molar-refractivity contribution is 0.0954. The second kappa shape index (κ2) is 11.5. The van der Waals surface area contributed by atoms with Gasteiger partial charge in [-0.25, -0.2) is 0 Å². The highest BCUT2D eigenvalue weighted by Crippen LogP contribution is 2.42. The Morgan fingerprint density at radius 3 is 2.64 bits per heavy atom. The molecule has 2 aliphatic rings. The van der Waals surface area contributed by atoms with Gasteiger partial charge in [0.25, 0.3) is 5.91 Å². The number of rotatable bonds is 4. The third kappa shape index (κ3) is 6.16.